The van der Waals surface area contributed by atoms with Crippen LogP contribution in [0.15, 0.2) is 0 Å². The Hall–Kier alpha value is -0.0400. The molecule has 0 spiro atoms. The Balaban J connectivity index is 1.60. The number of rotatable bonds is 5. The summed E-state index contributed by atoms with van der Waals surface area (Å²) in [6, 6.07) is 0.896. The SMILES string of the molecule is CC(CNC1CC1)(C1CCC1)C1CC1. The van der Waals surface area contributed by atoms with Crippen LogP contribution in [0.2, 0.25) is 0 Å². The number of nitrogens with one attached hydrogen (secondary N) is 1. The van der Waals surface area contributed by atoms with Crippen molar-refractivity contribution in [1.82, 2.24) is 5.32 Å². The minimum absolute atomic E-state index is 0.668. The average Bonchev–Trinajstić information content (AvgIpc) is 2.91. The van der Waals surface area contributed by atoms with E-state index in [1.54, 1.807) is 0 Å². The van der Waals surface area contributed by atoms with Crippen LogP contribution in [0.4, 0.5) is 0 Å². The molecule has 3 rings (SSSR count). The Morgan fingerprint density at radius 1 is 1.00 bits per heavy atom. The van der Waals surface area contributed by atoms with Gasteiger partial charge in [-0.3, -0.25) is 0 Å². The second kappa shape index (κ2) is 3.23. The molecule has 3 fully saturated rings. The first-order valence-electron chi connectivity index (χ1n) is 6.52. The molecule has 14 heavy (non-hydrogen) atoms. The van der Waals surface area contributed by atoms with Gasteiger partial charge in [0.2, 0.25) is 0 Å². The summed E-state index contributed by atoms with van der Waals surface area (Å²) in [6.45, 7) is 3.87. The van der Waals surface area contributed by atoms with Gasteiger partial charge in [-0.2, -0.15) is 0 Å². The average molecular weight is 193 g/mol. The summed E-state index contributed by atoms with van der Waals surface area (Å²) in [5, 5.41) is 3.77. The highest BCUT2D eigenvalue weighted by atomic mass is 15.0. The molecule has 0 heterocycles. The lowest BCUT2D eigenvalue weighted by Gasteiger charge is -2.44. The lowest BCUT2D eigenvalue weighted by atomic mass is 9.63. The largest absolute Gasteiger partial charge is 0.313 e. The molecule has 0 aromatic heterocycles. The molecule has 0 aromatic carbocycles. The maximum atomic E-state index is 3.77. The van der Waals surface area contributed by atoms with Crippen LogP contribution >= 0.6 is 0 Å². The van der Waals surface area contributed by atoms with Crippen LogP contribution in [0.3, 0.4) is 0 Å². The van der Waals surface area contributed by atoms with Crippen molar-refractivity contribution in [3.8, 4) is 0 Å². The number of hydrogen-bond acceptors (Lipinski definition) is 1. The van der Waals surface area contributed by atoms with Gasteiger partial charge in [0, 0.05) is 12.6 Å². The van der Waals surface area contributed by atoms with Gasteiger partial charge in [-0.1, -0.05) is 13.3 Å². The highest BCUT2D eigenvalue weighted by molar-refractivity contribution is 5.00. The predicted octanol–water partition coefficient (Wildman–Crippen LogP) is 2.95. The van der Waals surface area contributed by atoms with Crippen molar-refractivity contribution in [3.63, 3.8) is 0 Å². The second-order valence-electron chi connectivity index (χ2n) is 6.06. The van der Waals surface area contributed by atoms with Crippen molar-refractivity contribution in [2.45, 2.75) is 57.9 Å². The molecule has 0 radical (unpaired) electrons. The first-order valence-corrected chi connectivity index (χ1v) is 6.52. The maximum Gasteiger partial charge on any atom is 0.00684 e. The van der Waals surface area contributed by atoms with Crippen LogP contribution in [-0.4, -0.2) is 12.6 Å². The normalized spacial score (nSPS) is 32.4. The van der Waals surface area contributed by atoms with E-state index in [9.17, 15) is 0 Å². The minimum Gasteiger partial charge on any atom is -0.313 e. The molecule has 1 nitrogen and oxygen atoms in total. The fraction of sp³-hybridized carbons (Fsp3) is 1.00. The molecule has 3 saturated carbocycles. The lowest BCUT2D eigenvalue weighted by molar-refractivity contribution is 0.0756. The fourth-order valence-corrected chi connectivity index (χ4v) is 3.08. The van der Waals surface area contributed by atoms with Gasteiger partial charge >= 0.3 is 0 Å². The Morgan fingerprint density at radius 3 is 2.07 bits per heavy atom. The van der Waals surface area contributed by atoms with E-state index < -0.39 is 0 Å². The third-order valence-corrected chi connectivity index (χ3v) is 4.90. The molecule has 3 aliphatic rings. The zero-order chi connectivity index (χ0) is 9.60. The zero-order valence-electron chi connectivity index (χ0n) is 9.39. The Labute approximate surface area is 87.7 Å². The van der Waals surface area contributed by atoms with E-state index in [1.165, 1.54) is 51.5 Å². The van der Waals surface area contributed by atoms with Crippen molar-refractivity contribution >= 4 is 0 Å². The monoisotopic (exact) mass is 193 g/mol. The molecule has 1 N–H and O–H groups in total. The van der Waals surface area contributed by atoms with Crippen molar-refractivity contribution in [3.05, 3.63) is 0 Å². The van der Waals surface area contributed by atoms with Gasteiger partial charge in [0.25, 0.3) is 0 Å². The van der Waals surface area contributed by atoms with E-state index in [-0.39, 0.29) is 0 Å². The summed E-state index contributed by atoms with van der Waals surface area (Å²) < 4.78 is 0. The van der Waals surface area contributed by atoms with E-state index in [0.717, 1.165) is 17.9 Å². The summed E-state index contributed by atoms with van der Waals surface area (Å²) in [6.07, 6.45) is 10.4. The molecule has 1 atom stereocenters. The van der Waals surface area contributed by atoms with E-state index in [1.807, 2.05) is 0 Å². The second-order valence-corrected chi connectivity index (χ2v) is 6.06. The Morgan fingerprint density at radius 2 is 1.64 bits per heavy atom. The first kappa shape index (κ1) is 9.21. The van der Waals surface area contributed by atoms with Crippen molar-refractivity contribution < 1.29 is 0 Å². The van der Waals surface area contributed by atoms with Gasteiger partial charge in [-0.05, 0) is 55.8 Å². The fourth-order valence-electron chi connectivity index (χ4n) is 3.08. The van der Waals surface area contributed by atoms with E-state index in [2.05, 4.69) is 12.2 Å². The Kier molecular flexibility index (Phi) is 2.12. The van der Waals surface area contributed by atoms with Crippen LogP contribution in [0, 0.1) is 17.3 Å². The predicted molar refractivity (Wildman–Crippen MR) is 59.2 cm³/mol. The summed E-state index contributed by atoms with van der Waals surface area (Å²) in [7, 11) is 0. The van der Waals surface area contributed by atoms with Crippen LogP contribution in [0.25, 0.3) is 0 Å². The Bertz CT molecular complexity index is 213. The molecule has 3 aliphatic carbocycles. The summed E-state index contributed by atoms with van der Waals surface area (Å²) in [4.78, 5) is 0. The summed E-state index contributed by atoms with van der Waals surface area (Å²) in [5.74, 6) is 2.13. The van der Waals surface area contributed by atoms with E-state index >= 15 is 0 Å². The molecule has 0 saturated heterocycles. The molecular formula is C13H23N. The topological polar surface area (TPSA) is 12.0 Å². The van der Waals surface area contributed by atoms with Crippen LogP contribution < -0.4 is 5.32 Å². The van der Waals surface area contributed by atoms with Crippen LogP contribution in [0.1, 0.15) is 51.9 Å². The van der Waals surface area contributed by atoms with Gasteiger partial charge in [0.1, 0.15) is 0 Å². The lowest BCUT2D eigenvalue weighted by Crippen LogP contribution is -2.43. The molecule has 1 unspecified atom stereocenters. The smallest absolute Gasteiger partial charge is 0.00684 e. The third kappa shape index (κ3) is 1.60. The summed E-state index contributed by atoms with van der Waals surface area (Å²) >= 11 is 0. The molecular weight excluding hydrogens is 170 g/mol. The summed E-state index contributed by atoms with van der Waals surface area (Å²) in [5.41, 5.74) is 0.668. The van der Waals surface area contributed by atoms with Gasteiger partial charge in [0.05, 0.1) is 0 Å². The molecule has 80 valence electrons. The third-order valence-electron chi connectivity index (χ3n) is 4.90. The first-order chi connectivity index (χ1) is 6.79. The molecule has 0 aromatic rings. The maximum absolute atomic E-state index is 3.77. The van der Waals surface area contributed by atoms with Gasteiger partial charge < -0.3 is 5.32 Å². The van der Waals surface area contributed by atoms with E-state index in [0.29, 0.717) is 5.41 Å². The molecule has 0 aliphatic heterocycles. The zero-order valence-corrected chi connectivity index (χ0v) is 9.39. The van der Waals surface area contributed by atoms with Crippen molar-refractivity contribution in [2.75, 3.05) is 6.54 Å². The van der Waals surface area contributed by atoms with Crippen molar-refractivity contribution in [2.24, 2.45) is 17.3 Å². The van der Waals surface area contributed by atoms with Gasteiger partial charge in [-0.25, -0.2) is 0 Å². The highest BCUT2D eigenvalue weighted by Gasteiger charge is 2.48. The molecule has 1 heteroatoms. The minimum atomic E-state index is 0.668. The van der Waals surface area contributed by atoms with Gasteiger partial charge in [0.15, 0.2) is 0 Å². The van der Waals surface area contributed by atoms with Crippen LogP contribution in [0.5, 0.6) is 0 Å². The van der Waals surface area contributed by atoms with Gasteiger partial charge in [-0.15, -0.1) is 0 Å². The molecule has 0 amide bonds. The highest BCUT2D eigenvalue weighted by Crippen LogP contribution is 2.55. The standard InChI is InChI=1S/C13H23N/c1-13(11-5-6-11,10-3-2-4-10)9-14-12-7-8-12/h10-12,14H,2-9H2,1H3. The quantitative estimate of drug-likeness (QED) is 0.708. The van der Waals surface area contributed by atoms with Crippen LogP contribution in [-0.2, 0) is 0 Å². The van der Waals surface area contributed by atoms with E-state index in [4.69, 9.17) is 0 Å². The van der Waals surface area contributed by atoms with Crippen molar-refractivity contribution in [1.29, 1.82) is 0 Å². The molecule has 0 bridgehead atoms. The number of hydrogen-bond donors (Lipinski definition) is 1.